The van der Waals surface area contributed by atoms with Gasteiger partial charge >= 0.3 is 17.9 Å². The molecule has 0 aromatic heterocycles. The maximum atomic E-state index is 14.8. The maximum absolute atomic E-state index is 14.8. The van der Waals surface area contributed by atoms with E-state index in [0.29, 0.717) is 78.4 Å². The van der Waals surface area contributed by atoms with E-state index >= 15 is 0 Å². The minimum Gasteiger partial charge on any atom is -0.469 e. The van der Waals surface area contributed by atoms with E-state index in [4.69, 9.17) is 14.2 Å². The van der Waals surface area contributed by atoms with Crippen molar-refractivity contribution in [3.8, 4) is 0 Å². The number of ether oxygens (including phenoxy) is 3. The van der Waals surface area contributed by atoms with Gasteiger partial charge in [0.25, 0.3) is 0 Å². The van der Waals surface area contributed by atoms with Crippen molar-refractivity contribution < 1.29 is 38.8 Å². The Labute approximate surface area is 329 Å². The van der Waals surface area contributed by atoms with Gasteiger partial charge in [0.15, 0.2) is 0 Å². The van der Waals surface area contributed by atoms with Gasteiger partial charge in [-0.3, -0.25) is 14.4 Å². The Balaban J connectivity index is 0.895. The van der Waals surface area contributed by atoms with Crippen LogP contribution in [-0.4, -0.2) is 58.6 Å². The van der Waals surface area contributed by atoms with Crippen molar-refractivity contribution in [2.75, 3.05) is 7.11 Å². The SMILES string of the molecule is COC(=O)CC[C@@H](C)[C@H]1CC[C@H]2[C@@H]3CC[C@@H]4CC(OC(=O)C56CC7CC(CC(O)(C7)C5)C6)CC[C@]4(C)[C@H]3C[C@H](OC(=O)C34CC5CC(CC(O)(C5)C3)C4)[C@]12C. The highest BCUT2D eigenvalue weighted by molar-refractivity contribution is 5.78. The molecular formula is C47H70O8. The topological polar surface area (TPSA) is 119 Å². The summed E-state index contributed by atoms with van der Waals surface area (Å²) in [5.74, 6) is 4.20. The molecule has 2 N–H and O–H groups in total. The zero-order valence-corrected chi connectivity index (χ0v) is 34.3. The van der Waals surface area contributed by atoms with Crippen molar-refractivity contribution in [3.63, 3.8) is 0 Å². The molecule has 12 rings (SSSR count). The summed E-state index contributed by atoms with van der Waals surface area (Å²) in [4.78, 5) is 41.2. The highest BCUT2D eigenvalue weighted by atomic mass is 16.6. The number of rotatable bonds is 8. The normalized spacial score (nSPS) is 54.5. The smallest absolute Gasteiger partial charge is 0.312 e. The van der Waals surface area contributed by atoms with Crippen molar-refractivity contribution >= 4 is 17.9 Å². The largest absolute Gasteiger partial charge is 0.469 e. The molecular weight excluding hydrogens is 693 g/mol. The van der Waals surface area contributed by atoms with Crippen LogP contribution in [0.1, 0.15) is 162 Å². The van der Waals surface area contributed by atoms with Gasteiger partial charge in [0.1, 0.15) is 12.2 Å². The van der Waals surface area contributed by atoms with E-state index in [2.05, 4.69) is 20.8 Å². The molecule has 8 nitrogen and oxygen atoms in total. The zero-order chi connectivity index (χ0) is 38.3. The van der Waals surface area contributed by atoms with Crippen LogP contribution in [0.5, 0.6) is 0 Å². The fourth-order valence-corrected chi connectivity index (χ4v) is 18.5. The van der Waals surface area contributed by atoms with Crippen LogP contribution >= 0.6 is 0 Å². The highest BCUT2D eigenvalue weighted by Crippen LogP contribution is 2.70. The van der Waals surface area contributed by atoms with Gasteiger partial charge in [0.2, 0.25) is 0 Å². The molecule has 0 spiro atoms. The molecule has 0 amide bonds. The lowest BCUT2D eigenvalue weighted by molar-refractivity contribution is -0.224. The number of carbonyl (C=O) groups is 3. The molecule has 8 bridgehead atoms. The lowest BCUT2D eigenvalue weighted by atomic mass is 9.43. The standard InChI is InChI=1S/C47H70O8/c1-27(5-10-39(48)53-4)35-8-9-36-34-7-6-32-15-33(54-40(49)44-17-28-13-29(18-44)22-46(51,21-28)25-44)11-12-42(32,2)37(34)16-38(43(35,36)3)55-41(50)45-19-30-14-31(20-45)24-47(52,23-30)26-45/h27-38,51-52H,5-26H2,1-4H3/t27-,28?,29?,30?,31?,32-,33?,34+,35-,36+,37+,38+,42+,43-,44?,45?,46?,47?/m1/s1. The predicted octanol–water partition coefficient (Wildman–Crippen LogP) is 8.33. The van der Waals surface area contributed by atoms with Gasteiger partial charge in [0.05, 0.1) is 29.1 Å². The van der Waals surface area contributed by atoms with Crippen LogP contribution in [-0.2, 0) is 28.6 Å². The first kappa shape index (κ1) is 37.6. The van der Waals surface area contributed by atoms with E-state index < -0.39 is 22.0 Å². The average molecular weight is 763 g/mol. The van der Waals surface area contributed by atoms with Crippen LogP contribution in [0.4, 0.5) is 0 Å². The van der Waals surface area contributed by atoms with Gasteiger partial charge in [0, 0.05) is 11.8 Å². The number of carbonyl (C=O) groups excluding carboxylic acids is 3. The molecule has 5 unspecified atom stereocenters. The number of methoxy groups -OCH3 is 1. The van der Waals surface area contributed by atoms with Crippen molar-refractivity contribution in [2.45, 2.75) is 185 Å². The highest BCUT2D eigenvalue weighted by Gasteiger charge is 2.68. The van der Waals surface area contributed by atoms with E-state index in [9.17, 15) is 24.6 Å². The Morgan fingerprint density at radius 2 is 1.27 bits per heavy atom. The summed E-state index contributed by atoms with van der Waals surface area (Å²) < 4.78 is 18.7. The minimum absolute atomic E-state index is 0.0182. The van der Waals surface area contributed by atoms with Crippen molar-refractivity contribution in [3.05, 3.63) is 0 Å². The molecule has 55 heavy (non-hydrogen) atoms. The Morgan fingerprint density at radius 1 is 0.691 bits per heavy atom. The van der Waals surface area contributed by atoms with Gasteiger partial charge < -0.3 is 24.4 Å². The molecule has 0 saturated heterocycles. The van der Waals surface area contributed by atoms with E-state index in [1.165, 1.54) is 13.5 Å². The maximum Gasteiger partial charge on any atom is 0.312 e. The second-order valence-corrected chi connectivity index (χ2v) is 23.2. The van der Waals surface area contributed by atoms with Gasteiger partial charge in [-0.05, 0) is 199 Å². The molecule has 0 radical (unpaired) electrons. The third kappa shape index (κ3) is 5.79. The zero-order valence-electron chi connectivity index (χ0n) is 34.3. The van der Waals surface area contributed by atoms with E-state index in [0.717, 1.165) is 116 Å². The van der Waals surface area contributed by atoms with E-state index in [-0.39, 0.29) is 40.9 Å². The summed E-state index contributed by atoms with van der Waals surface area (Å²) in [7, 11) is 1.47. The lowest BCUT2D eigenvalue weighted by Gasteiger charge is -2.63. The van der Waals surface area contributed by atoms with Gasteiger partial charge in [-0.2, -0.15) is 0 Å². The Bertz CT molecular complexity index is 1560. The number of fused-ring (bicyclic) bond motifs is 5. The average Bonchev–Trinajstić information content (AvgIpc) is 3.47. The van der Waals surface area contributed by atoms with Gasteiger partial charge in [-0.25, -0.2) is 0 Å². The predicted molar refractivity (Wildman–Crippen MR) is 205 cm³/mol. The molecule has 0 heterocycles. The molecule has 14 atom stereocenters. The molecule has 12 aliphatic carbocycles. The molecule has 8 heteroatoms. The van der Waals surface area contributed by atoms with Crippen LogP contribution in [0.2, 0.25) is 0 Å². The van der Waals surface area contributed by atoms with Crippen molar-refractivity contribution in [1.82, 2.24) is 0 Å². The van der Waals surface area contributed by atoms with Crippen molar-refractivity contribution in [1.29, 1.82) is 0 Å². The van der Waals surface area contributed by atoms with Gasteiger partial charge in [-0.1, -0.05) is 20.8 Å². The van der Waals surface area contributed by atoms with Gasteiger partial charge in [-0.15, -0.1) is 0 Å². The van der Waals surface area contributed by atoms with Crippen molar-refractivity contribution in [2.24, 2.45) is 80.8 Å². The number of hydrogen-bond donors (Lipinski definition) is 2. The monoisotopic (exact) mass is 763 g/mol. The second kappa shape index (κ2) is 12.7. The second-order valence-electron chi connectivity index (χ2n) is 23.2. The minimum atomic E-state index is -0.715. The summed E-state index contributed by atoms with van der Waals surface area (Å²) in [6.07, 6.45) is 19.7. The quantitative estimate of drug-likeness (QED) is 0.187. The van der Waals surface area contributed by atoms with Crippen LogP contribution in [0.25, 0.3) is 0 Å². The Kier molecular flexibility index (Phi) is 8.66. The third-order valence-electron chi connectivity index (χ3n) is 19.9. The number of hydrogen-bond acceptors (Lipinski definition) is 8. The molecule has 12 saturated carbocycles. The van der Waals surface area contributed by atoms with Crippen LogP contribution < -0.4 is 0 Å². The summed E-state index contributed by atoms with van der Waals surface area (Å²) in [5.41, 5.74) is -2.50. The molecule has 0 aromatic rings. The molecule has 0 aliphatic heterocycles. The van der Waals surface area contributed by atoms with Crippen LogP contribution in [0, 0.1) is 80.8 Å². The van der Waals surface area contributed by atoms with E-state index in [1.54, 1.807) is 0 Å². The van der Waals surface area contributed by atoms with Crippen LogP contribution in [0.15, 0.2) is 0 Å². The fraction of sp³-hybridized carbons (Fsp3) is 0.936. The van der Waals surface area contributed by atoms with Crippen LogP contribution in [0.3, 0.4) is 0 Å². The molecule has 12 fully saturated rings. The summed E-state index contributed by atoms with van der Waals surface area (Å²) in [6, 6.07) is 0. The lowest BCUT2D eigenvalue weighted by Crippen LogP contribution is -2.62. The molecule has 306 valence electrons. The Morgan fingerprint density at radius 3 is 1.84 bits per heavy atom. The molecule has 0 aromatic carbocycles. The summed E-state index contributed by atoms with van der Waals surface area (Å²) in [5, 5.41) is 23.0. The number of aliphatic hydroxyl groups is 2. The van der Waals surface area contributed by atoms with E-state index in [1.807, 2.05) is 0 Å². The summed E-state index contributed by atoms with van der Waals surface area (Å²) in [6.45, 7) is 7.30. The first-order valence-electron chi connectivity index (χ1n) is 23.0. The molecule has 12 aliphatic rings. The summed E-state index contributed by atoms with van der Waals surface area (Å²) >= 11 is 0. The first-order chi connectivity index (χ1) is 26.1. The fourth-order valence-electron chi connectivity index (χ4n) is 18.5. The Hall–Kier alpha value is -1.67. The number of esters is 3. The third-order valence-corrected chi connectivity index (χ3v) is 19.9. The first-order valence-corrected chi connectivity index (χ1v) is 23.0.